The van der Waals surface area contributed by atoms with Crippen LogP contribution in [0.1, 0.15) is 52.2 Å². The van der Waals surface area contributed by atoms with E-state index >= 15 is 0 Å². The van der Waals surface area contributed by atoms with Gasteiger partial charge in [-0.1, -0.05) is 60.1 Å². The van der Waals surface area contributed by atoms with E-state index in [0.717, 1.165) is 41.4 Å². The number of H-pyrrole nitrogens is 1. The van der Waals surface area contributed by atoms with Gasteiger partial charge >= 0.3 is 6.09 Å². The summed E-state index contributed by atoms with van der Waals surface area (Å²) in [4.78, 5) is 16.3. The van der Waals surface area contributed by atoms with E-state index < -0.39 is 0 Å². The Kier molecular flexibility index (Phi) is 6.08. The van der Waals surface area contributed by atoms with Crippen molar-refractivity contribution in [1.29, 1.82) is 0 Å². The monoisotopic (exact) mass is 503 g/mol. The number of amides is 1. The number of halogens is 1. The van der Waals surface area contributed by atoms with Crippen molar-refractivity contribution < 1.29 is 9.53 Å². The molecule has 5 nitrogen and oxygen atoms in total. The molecule has 0 radical (unpaired) electrons. The number of likely N-dealkylation sites (tertiary alicyclic amines) is 1. The van der Waals surface area contributed by atoms with Crippen molar-refractivity contribution in [2.24, 2.45) is 0 Å². The number of fused-ring (bicyclic) bond motifs is 3. The van der Waals surface area contributed by atoms with Crippen molar-refractivity contribution >= 4 is 29.0 Å². The average Bonchev–Trinajstić information content (AvgIpc) is 3.67. The molecule has 1 aliphatic carbocycles. The van der Waals surface area contributed by atoms with Gasteiger partial charge in [-0.05, 0) is 66.1 Å². The summed E-state index contributed by atoms with van der Waals surface area (Å²) in [5, 5.41) is 7.71. The van der Waals surface area contributed by atoms with Crippen LogP contribution in [0, 0.1) is 0 Å². The number of benzene rings is 2. The van der Waals surface area contributed by atoms with Gasteiger partial charge in [0.25, 0.3) is 0 Å². The molecule has 1 aliphatic heterocycles. The second-order valence-corrected chi connectivity index (χ2v) is 11.0. The zero-order chi connectivity index (χ0) is 23.8. The minimum atomic E-state index is -0.257. The van der Waals surface area contributed by atoms with Crippen molar-refractivity contribution in [2.45, 2.75) is 37.6 Å². The van der Waals surface area contributed by atoms with E-state index in [4.69, 9.17) is 16.3 Å². The predicted molar refractivity (Wildman–Crippen MR) is 139 cm³/mol. The van der Waals surface area contributed by atoms with Gasteiger partial charge in [0.2, 0.25) is 0 Å². The lowest BCUT2D eigenvalue weighted by Crippen LogP contribution is -2.32. The molecular weight excluding hydrogens is 478 g/mol. The predicted octanol–water partition coefficient (Wildman–Crippen LogP) is 7.00. The highest BCUT2D eigenvalue weighted by molar-refractivity contribution is 7.16. The first-order chi connectivity index (χ1) is 17.2. The van der Waals surface area contributed by atoms with Crippen molar-refractivity contribution in [3.05, 3.63) is 98.5 Å². The molecule has 1 amide bonds. The minimum absolute atomic E-state index is 0.0492. The molecule has 3 heterocycles. The van der Waals surface area contributed by atoms with Crippen LogP contribution >= 0.6 is 22.9 Å². The Bertz CT molecular complexity index is 1320. The molecule has 0 saturated carbocycles. The van der Waals surface area contributed by atoms with Crippen molar-refractivity contribution in [2.75, 3.05) is 13.2 Å². The van der Waals surface area contributed by atoms with Gasteiger partial charge in [-0.25, -0.2) is 4.79 Å². The van der Waals surface area contributed by atoms with Gasteiger partial charge in [-0.3, -0.25) is 10.00 Å². The Morgan fingerprint density at radius 2 is 1.80 bits per heavy atom. The molecule has 0 spiro atoms. The molecule has 1 fully saturated rings. The molecule has 1 atom stereocenters. The van der Waals surface area contributed by atoms with E-state index in [1.54, 1.807) is 11.3 Å². The Morgan fingerprint density at radius 3 is 2.51 bits per heavy atom. The number of nitrogens with zero attached hydrogens (tertiary/aromatic N) is 2. The molecule has 1 N–H and O–H groups in total. The van der Waals surface area contributed by atoms with Gasteiger partial charge in [-0.2, -0.15) is 5.10 Å². The van der Waals surface area contributed by atoms with Crippen LogP contribution in [-0.2, 0) is 17.6 Å². The summed E-state index contributed by atoms with van der Waals surface area (Å²) in [5.74, 6) is 0.0649. The van der Waals surface area contributed by atoms with Crippen LogP contribution in [-0.4, -0.2) is 34.3 Å². The number of carbonyl (C=O) groups excluding carboxylic acids is 1. The molecule has 178 valence electrons. The standard InChI is InChI=1S/C28H26ClN3O2S/c29-27-14-13-19(35-27)12-11-18-16-25(31-30-18)26-10-5-15-32(26)28(33)34-17-24-22-8-3-1-6-20(22)21-7-2-4-9-23(21)24/h1-4,6-9,13-14,16,24,26H,5,10-12,15,17H2,(H,30,31). The number of aromatic nitrogens is 2. The first kappa shape index (κ1) is 22.4. The summed E-state index contributed by atoms with van der Waals surface area (Å²) in [7, 11) is 0. The molecule has 7 heteroatoms. The van der Waals surface area contributed by atoms with Crippen LogP contribution in [0.4, 0.5) is 4.79 Å². The fourth-order valence-corrected chi connectivity index (χ4v) is 6.48. The highest BCUT2D eigenvalue weighted by Crippen LogP contribution is 2.44. The molecule has 2 aromatic carbocycles. The van der Waals surface area contributed by atoms with Crippen LogP contribution in [0.25, 0.3) is 11.1 Å². The number of rotatable bonds is 6. The number of carbonyl (C=O) groups is 1. The van der Waals surface area contributed by atoms with E-state index in [0.29, 0.717) is 13.2 Å². The molecule has 2 aliphatic rings. The van der Waals surface area contributed by atoms with E-state index in [9.17, 15) is 4.79 Å². The lowest BCUT2D eigenvalue weighted by molar-refractivity contribution is 0.0950. The van der Waals surface area contributed by atoms with Gasteiger partial charge < -0.3 is 4.74 Å². The highest BCUT2D eigenvalue weighted by atomic mass is 35.5. The van der Waals surface area contributed by atoms with Crippen LogP contribution in [0.2, 0.25) is 4.34 Å². The Balaban J connectivity index is 1.12. The number of ether oxygens (including phenoxy) is 1. The summed E-state index contributed by atoms with van der Waals surface area (Å²) in [6, 6.07) is 22.9. The number of aryl methyl sites for hydroxylation is 2. The molecule has 0 bridgehead atoms. The number of hydrogen-bond donors (Lipinski definition) is 1. The van der Waals surface area contributed by atoms with Gasteiger partial charge in [0.1, 0.15) is 6.61 Å². The fraction of sp³-hybridized carbons (Fsp3) is 0.286. The second kappa shape index (κ2) is 9.51. The van der Waals surface area contributed by atoms with Crippen LogP contribution in [0.5, 0.6) is 0 Å². The van der Waals surface area contributed by atoms with Gasteiger partial charge in [0.05, 0.1) is 16.1 Å². The Labute approximate surface area is 213 Å². The minimum Gasteiger partial charge on any atom is -0.448 e. The molecule has 35 heavy (non-hydrogen) atoms. The van der Waals surface area contributed by atoms with E-state index in [1.165, 1.54) is 27.1 Å². The van der Waals surface area contributed by atoms with E-state index in [-0.39, 0.29) is 18.1 Å². The fourth-order valence-electron chi connectivity index (χ4n) is 5.39. The summed E-state index contributed by atoms with van der Waals surface area (Å²) < 4.78 is 6.74. The van der Waals surface area contributed by atoms with Crippen molar-refractivity contribution in [3.63, 3.8) is 0 Å². The normalized spacial score (nSPS) is 16.9. The average molecular weight is 504 g/mol. The van der Waals surface area contributed by atoms with Crippen LogP contribution < -0.4 is 0 Å². The maximum Gasteiger partial charge on any atom is 0.410 e. The van der Waals surface area contributed by atoms with Crippen molar-refractivity contribution in [3.8, 4) is 11.1 Å². The summed E-state index contributed by atoms with van der Waals surface area (Å²) in [5.41, 5.74) is 6.90. The summed E-state index contributed by atoms with van der Waals surface area (Å²) >= 11 is 7.66. The van der Waals surface area contributed by atoms with Gasteiger partial charge in [-0.15, -0.1) is 11.3 Å². The highest BCUT2D eigenvalue weighted by Gasteiger charge is 2.34. The third-order valence-electron chi connectivity index (χ3n) is 7.09. The summed E-state index contributed by atoms with van der Waals surface area (Å²) in [6.45, 7) is 1.03. The number of nitrogens with one attached hydrogen (secondary N) is 1. The topological polar surface area (TPSA) is 58.2 Å². The molecule has 1 saturated heterocycles. The number of aromatic amines is 1. The number of thiophene rings is 1. The van der Waals surface area contributed by atoms with E-state index in [1.807, 2.05) is 11.0 Å². The molecule has 4 aromatic rings. The van der Waals surface area contributed by atoms with Crippen LogP contribution in [0.15, 0.2) is 66.7 Å². The van der Waals surface area contributed by atoms with E-state index in [2.05, 4.69) is 70.9 Å². The van der Waals surface area contributed by atoms with Gasteiger partial charge in [0, 0.05) is 23.0 Å². The zero-order valence-corrected chi connectivity index (χ0v) is 20.8. The smallest absolute Gasteiger partial charge is 0.410 e. The molecule has 1 unspecified atom stereocenters. The Morgan fingerprint density at radius 1 is 1.06 bits per heavy atom. The largest absolute Gasteiger partial charge is 0.448 e. The second-order valence-electron chi connectivity index (χ2n) is 9.18. The quantitative estimate of drug-likeness (QED) is 0.308. The van der Waals surface area contributed by atoms with Gasteiger partial charge in [0.15, 0.2) is 0 Å². The Hall–Kier alpha value is -3.09. The number of hydrogen-bond acceptors (Lipinski definition) is 4. The maximum atomic E-state index is 13.2. The third-order valence-corrected chi connectivity index (χ3v) is 8.38. The first-order valence-corrected chi connectivity index (χ1v) is 13.3. The lowest BCUT2D eigenvalue weighted by Gasteiger charge is -2.24. The summed E-state index contributed by atoms with van der Waals surface area (Å²) in [6.07, 6.45) is 3.37. The molecular formula is C28H26ClN3O2S. The maximum absolute atomic E-state index is 13.2. The SMILES string of the molecule is O=C(OCC1c2ccccc2-c2ccccc21)N1CCCC1c1cc(CCc2ccc(Cl)s2)[nH]n1. The van der Waals surface area contributed by atoms with Crippen LogP contribution in [0.3, 0.4) is 0 Å². The first-order valence-electron chi connectivity index (χ1n) is 12.1. The lowest BCUT2D eigenvalue weighted by atomic mass is 9.98. The van der Waals surface area contributed by atoms with Crippen molar-refractivity contribution in [1.82, 2.24) is 15.1 Å². The third kappa shape index (κ3) is 4.37. The molecule has 2 aromatic heterocycles. The zero-order valence-electron chi connectivity index (χ0n) is 19.2. The molecule has 6 rings (SSSR count).